The van der Waals surface area contributed by atoms with Gasteiger partial charge in [0.1, 0.15) is 5.82 Å². The number of fused-ring (bicyclic) bond motifs is 1. The molecule has 8 heteroatoms. The minimum Gasteiger partial charge on any atom is -0.459 e. The van der Waals surface area contributed by atoms with E-state index in [9.17, 15) is 9.18 Å². The lowest BCUT2D eigenvalue weighted by molar-refractivity contribution is 0.0596. The third kappa shape index (κ3) is 3.53. The molecule has 0 N–H and O–H groups in total. The van der Waals surface area contributed by atoms with Crippen LogP contribution in [0.3, 0.4) is 0 Å². The zero-order valence-corrected chi connectivity index (χ0v) is 17.4. The van der Waals surface area contributed by atoms with Gasteiger partial charge in [0.15, 0.2) is 10.7 Å². The van der Waals surface area contributed by atoms with Crippen molar-refractivity contribution in [2.45, 2.75) is 13.5 Å². The van der Waals surface area contributed by atoms with Gasteiger partial charge in [0, 0.05) is 49.4 Å². The van der Waals surface area contributed by atoms with Gasteiger partial charge in [-0.1, -0.05) is 0 Å². The maximum absolute atomic E-state index is 13.4. The van der Waals surface area contributed by atoms with Crippen molar-refractivity contribution in [2.24, 2.45) is 0 Å². The quantitative estimate of drug-likeness (QED) is 0.496. The number of rotatable bonds is 4. The monoisotopic (exact) mass is 424 g/mol. The molecule has 0 saturated carbocycles. The van der Waals surface area contributed by atoms with Crippen LogP contribution in [0.25, 0.3) is 16.2 Å². The number of aromatic nitrogens is 2. The molecule has 1 aliphatic heterocycles. The van der Waals surface area contributed by atoms with Gasteiger partial charge < -0.3 is 9.32 Å². The van der Waals surface area contributed by atoms with Crippen LogP contribution >= 0.6 is 11.3 Å². The number of thiazole rings is 1. The van der Waals surface area contributed by atoms with Gasteiger partial charge in [-0.3, -0.25) is 14.1 Å². The Bertz CT molecular complexity index is 1170. The molecule has 1 saturated heterocycles. The van der Waals surface area contributed by atoms with E-state index in [2.05, 4.69) is 22.4 Å². The molecular weight excluding hydrogens is 403 g/mol. The molecule has 0 radical (unpaired) electrons. The summed E-state index contributed by atoms with van der Waals surface area (Å²) in [6, 6.07) is 9.92. The molecule has 1 aliphatic rings. The highest BCUT2D eigenvalue weighted by Crippen LogP contribution is 2.29. The number of furan rings is 1. The average molecular weight is 425 g/mol. The molecule has 154 valence electrons. The predicted octanol–water partition coefficient (Wildman–Crippen LogP) is 4.06. The number of carbonyl (C=O) groups is 1. The van der Waals surface area contributed by atoms with Crippen LogP contribution < -0.4 is 0 Å². The summed E-state index contributed by atoms with van der Waals surface area (Å²) in [5.41, 5.74) is 2.88. The van der Waals surface area contributed by atoms with Crippen molar-refractivity contribution in [1.82, 2.24) is 19.2 Å². The van der Waals surface area contributed by atoms with E-state index < -0.39 is 0 Å². The fourth-order valence-corrected chi connectivity index (χ4v) is 4.71. The maximum Gasteiger partial charge on any atom is 0.289 e. The Hall–Kier alpha value is -2.97. The summed E-state index contributed by atoms with van der Waals surface area (Å²) in [6.45, 7) is 5.62. The minimum absolute atomic E-state index is 0.0631. The number of hydrogen-bond acceptors (Lipinski definition) is 5. The van der Waals surface area contributed by atoms with Crippen molar-refractivity contribution < 1.29 is 13.6 Å². The summed E-state index contributed by atoms with van der Waals surface area (Å²) in [4.78, 5) is 23.6. The molecule has 30 heavy (non-hydrogen) atoms. The van der Waals surface area contributed by atoms with Gasteiger partial charge in [0.05, 0.1) is 17.7 Å². The molecule has 0 bridgehead atoms. The number of hydrogen-bond donors (Lipinski definition) is 0. The van der Waals surface area contributed by atoms with Gasteiger partial charge in [-0.2, -0.15) is 0 Å². The molecule has 1 amide bonds. The van der Waals surface area contributed by atoms with E-state index in [4.69, 9.17) is 9.40 Å². The van der Waals surface area contributed by atoms with Gasteiger partial charge >= 0.3 is 0 Å². The first-order valence-corrected chi connectivity index (χ1v) is 10.7. The Morgan fingerprint density at radius 2 is 1.93 bits per heavy atom. The van der Waals surface area contributed by atoms with E-state index in [0.29, 0.717) is 25.4 Å². The van der Waals surface area contributed by atoms with Crippen LogP contribution in [0.15, 0.2) is 53.3 Å². The standard InChI is InChI=1S/C22H21FN4O2S/c1-15-13-27-18(20(24-22(27)30-15)16-4-6-17(23)7-5-16)14-25-8-10-26(11-9-25)21(28)19-3-2-12-29-19/h2-7,12-13H,8-11,14H2,1H3. The molecule has 1 aromatic carbocycles. The van der Waals surface area contributed by atoms with Crippen LogP contribution in [0.4, 0.5) is 4.39 Å². The summed E-state index contributed by atoms with van der Waals surface area (Å²) in [7, 11) is 0. The van der Waals surface area contributed by atoms with Gasteiger partial charge in [0.25, 0.3) is 5.91 Å². The topological polar surface area (TPSA) is 54.0 Å². The Morgan fingerprint density at radius 1 is 1.17 bits per heavy atom. The number of nitrogens with zero attached hydrogens (tertiary/aromatic N) is 4. The van der Waals surface area contributed by atoms with Crippen LogP contribution in [-0.4, -0.2) is 51.3 Å². The number of piperazine rings is 1. The number of aryl methyl sites for hydroxylation is 1. The van der Waals surface area contributed by atoms with Gasteiger partial charge in [-0.15, -0.1) is 11.3 Å². The van der Waals surface area contributed by atoms with E-state index in [-0.39, 0.29) is 11.7 Å². The number of benzene rings is 1. The molecule has 6 nitrogen and oxygen atoms in total. The van der Waals surface area contributed by atoms with Gasteiger partial charge in [-0.05, 0) is 43.3 Å². The first-order valence-electron chi connectivity index (χ1n) is 9.87. The number of imidazole rings is 1. The normalized spacial score (nSPS) is 15.2. The van der Waals surface area contributed by atoms with Crippen LogP contribution in [-0.2, 0) is 6.54 Å². The fourth-order valence-electron chi connectivity index (χ4n) is 3.87. The number of amides is 1. The third-order valence-corrected chi connectivity index (χ3v) is 6.32. The molecule has 4 aromatic rings. The smallest absolute Gasteiger partial charge is 0.289 e. The molecular formula is C22H21FN4O2S. The Kier molecular flexibility index (Phi) is 4.88. The zero-order chi connectivity index (χ0) is 20.7. The van der Waals surface area contributed by atoms with Crippen molar-refractivity contribution in [1.29, 1.82) is 0 Å². The minimum atomic E-state index is -0.255. The Morgan fingerprint density at radius 3 is 2.63 bits per heavy atom. The first-order chi connectivity index (χ1) is 14.6. The van der Waals surface area contributed by atoms with Crippen LogP contribution in [0.2, 0.25) is 0 Å². The summed E-state index contributed by atoms with van der Waals surface area (Å²) in [5.74, 6) is 0.0645. The lowest BCUT2D eigenvalue weighted by Crippen LogP contribution is -2.48. The molecule has 4 heterocycles. The molecule has 1 fully saturated rings. The lowest BCUT2D eigenvalue weighted by atomic mass is 10.1. The highest BCUT2D eigenvalue weighted by atomic mass is 32.1. The van der Waals surface area contributed by atoms with E-state index in [0.717, 1.165) is 35.0 Å². The zero-order valence-electron chi connectivity index (χ0n) is 16.5. The molecule has 3 aromatic heterocycles. The van der Waals surface area contributed by atoms with Crippen LogP contribution in [0, 0.1) is 12.7 Å². The molecule has 0 spiro atoms. The average Bonchev–Trinajstić information content (AvgIpc) is 3.47. The van der Waals surface area contributed by atoms with Crippen molar-refractivity contribution in [3.8, 4) is 11.3 Å². The third-order valence-electron chi connectivity index (χ3n) is 5.42. The molecule has 0 aliphatic carbocycles. The Balaban J connectivity index is 1.37. The maximum atomic E-state index is 13.4. The summed E-state index contributed by atoms with van der Waals surface area (Å²) < 4.78 is 20.8. The summed E-state index contributed by atoms with van der Waals surface area (Å²) in [6.07, 6.45) is 3.63. The van der Waals surface area contributed by atoms with E-state index in [1.807, 2.05) is 4.90 Å². The summed E-state index contributed by atoms with van der Waals surface area (Å²) in [5, 5.41) is 0. The molecule has 5 rings (SSSR count). The Labute approximate surface area is 177 Å². The van der Waals surface area contributed by atoms with Crippen molar-refractivity contribution in [3.05, 3.63) is 71.0 Å². The predicted molar refractivity (Wildman–Crippen MR) is 113 cm³/mol. The van der Waals surface area contributed by atoms with Gasteiger partial charge in [-0.25, -0.2) is 9.37 Å². The number of carbonyl (C=O) groups excluding carboxylic acids is 1. The second-order valence-electron chi connectivity index (χ2n) is 7.45. The SMILES string of the molecule is Cc1cn2c(CN3CCN(C(=O)c4ccco4)CC3)c(-c3ccc(F)cc3)nc2s1. The van der Waals surface area contributed by atoms with E-state index in [1.54, 1.807) is 35.6 Å². The highest BCUT2D eigenvalue weighted by Gasteiger charge is 2.25. The van der Waals surface area contributed by atoms with Crippen molar-refractivity contribution >= 4 is 22.2 Å². The van der Waals surface area contributed by atoms with E-state index in [1.165, 1.54) is 23.3 Å². The lowest BCUT2D eigenvalue weighted by Gasteiger charge is -2.34. The van der Waals surface area contributed by atoms with Crippen LogP contribution in [0.1, 0.15) is 21.1 Å². The second kappa shape index (κ2) is 7.70. The molecule has 0 atom stereocenters. The van der Waals surface area contributed by atoms with Crippen LogP contribution in [0.5, 0.6) is 0 Å². The van der Waals surface area contributed by atoms with Crippen molar-refractivity contribution in [3.63, 3.8) is 0 Å². The number of halogens is 1. The molecule has 0 unspecified atom stereocenters. The van der Waals surface area contributed by atoms with Crippen molar-refractivity contribution in [2.75, 3.05) is 26.2 Å². The first kappa shape index (κ1) is 19.0. The fraction of sp³-hybridized carbons (Fsp3) is 0.273. The second-order valence-corrected chi connectivity index (χ2v) is 8.67. The summed E-state index contributed by atoms with van der Waals surface area (Å²) >= 11 is 1.65. The van der Waals surface area contributed by atoms with Gasteiger partial charge in [0.2, 0.25) is 0 Å². The largest absolute Gasteiger partial charge is 0.459 e. The van der Waals surface area contributed by atoms with E-state index >= 15 is 0 Å². The highest BCUT2D eigenvalue weighted by molar-refractivity contribution is 7.17.